The third kappa shape index (κ3) is 3.27. The van der Waals surface area contributed by atoms with Crippen LogP contribution in [0.3, 0.4) is 0 Å². The average Bonchev–Trinajstić information content (AvgIpc) is 2.52. The average molecular weight is 252 g/mol. The fourth-order valence-corrected chi connectivity index (χ4v) is 4.57. The first-order valence-electron chi connectivity index (χ1n) is 7.80. The van der Waals surface area contributed by atoms with Gasteiger partial charge in [-0.25, -0.2) is 0 Å². The fourth-order valence-electron chi connectivity index (χ4n) is 4.57. The second kappa shape index (κ2) is 6.08. The summed E-state index contributed by atoms with van der Waals surface area (Å²) in [4.78, 5) is 11.5. The van der Waals surface area contributed by atoms with Gasteiger partial charge in [0.25, 0.3) is 0 Å². The summed E-state index contributed by atoms with van der Waals surface area (Å²) in [5.41, 5.74) is 0. The molecule has 2 saturated carbocycles. The van der Waals surface area contributed by atoms with Crippen LogP contribution in [-0.4, -0.2) is 11.1 Å². The highest BCUT2D eigenvalue weighted by atomic mass is 16.4. The monoisotopic (exact) mass is 252 g/mol. The summed E-state index contributed by atoms with van der Waals surface area (Å²) in [5.74, 6) is 2.11. The van der Waals surface area contributed by atoms with E-state index in [1.807, 2.05) is 0 Å². The number of hydrogen-bond donors (Lipinski definition) is 1. The Morgan fingerprint density at radius 1 is 0.944 bits per heavy atom. The molecule has 4 unspecified atom stereocenters. The van der Waals surface area contributed by atoms with E-state index < -0.39 is 5.97 Å². The van der Waals surface area contributed by atoms with Gasteiger partial charge in [-0.05, 0) is 55.8 Å². The molecule has 2 fully saturated rings. The summed E-state index contributed by atoms with van der Waals surface area (Å²) < 4.78 is 0. The molecule has 2 rings (SSSR count). The first-order chi connectivity index (χ1) is 8.58. The van der Waals surface area contributed by atoms with Crippen molar-refractivity contribution in [3.63, 3.8) is 0 Å². The van der Waals surface area contributed by atoms with Crippen molar-refractivity contribution in [2.24, 2.45) is 29.6 Å². The van der Waals surface area contributed by atoms with Gasteiger partial charge in [0.2, 0.25) is 0 Å². The molecule has 0 aromatic rings. The topological polar surface area (TPSA) is 37.3 Å². The minimum atomic E-state index is -0.534. The minimum absolute atomic E-state index is 0.0602. The van der Waals surface area contributed by atoms with E-state index in [2.05, 4.69) is 13.8 Å². The zero-order valence-electron chi connectivity index (χ0n) is 11.9. The van der Waals surface area contributed by atoms with Gasteiger partial charge < -0.3 is 5.11 Å². The number of carbonyl (C=O) groups is 1. The van der Waals surface area contributed by atoms with Gasteiger partial charge in [-0.2, -0.15) is 0 Å². The molecule has 4 atom stereocenters. The molecule has 0 spiro atoms. The second-order valence-electron chi connectivity index (χ2n) is 6.92. The van der Waals surface area contributed by atoms with E-state index >= 15 is 0 Å². The van der Waals surface area contributed by atoms with E-state index in [-0.39, 0.29) is 5.92 Å². The first kappa shape index (κ1) is 13.9. The summed E-state index contributed by atoms with van der Waals surface area (Å²) in [6, 6.07) is 0. The molecule has 2 nitrogen and oxygen atoms in total. The van der Waals surface area contributed by atoms with Gasteiger partial charge in [0, 0.05) is 0 Å². The lowest BCUT2D eigenvalue weighted by molar-refractivity contribution is -0.145. The van der Waals surface area contributed by atoms with Crippen LogP contribution in [0.4, 0.5) is 0 Å². The molecule has 18 heavy (non-hydrogen) atoms. The normalized spacial score (nSPS) is 42.2. The van der Waals surface area contributed by atoms with Crippen LogP contribution in [0.5, 0.6) is 0 Å². The molecule has 104 valence electrons. The lowest BCUT2D eigenvalue weighted by atomic mass is 9.67. The molecular formula is C16H28O2. The van der Waals surface area contributed by atoms with Gasteiger partial charge in [-0.1, -0.05) is 33.1 Å². The van der Waals surface area contributed by atoms with Crippen molar-refractivity contribution in [2.45, 2.75) is 65.2 Å². The fraction of sp³-hybridized carbons (Fsp3) is 0.938. The molecule has 2 heteroatoms. The van der Waals surface area contributed by atoms with Crippen molar-refractivity contribution in [1.29, 1.82) is 0 Å². The van der Waals surface area contributed by atoms with Crippen molar-refractivity contribution in [2.75, 3.05) is 0 Å². The Labute approximate surface area is 111 Å². The Bertz CT molecular complexity index is 277. The van der Waals surface area contributed by atoms with Gasteiger partial charge in [-0.3, -0.25) is 4.79 Å². The summed E-state index contributed by atoms with van der Waals surface area (Å²) in [5, 5.41) is 9.50. The maximum atomic E-state index is 11.5. The molecule has 0 saturated heterocycles. The molecule has 0 aliphatic heterocycles. The highest BCUT2D eigenvalue weighted by Crippen LogP contribution is 2.44. The molecular weight excluding hydrogens is 224 g/mol. The van der Waals surface area contributed by atoms with E-state index in [1.165, 1.54) is 32.1 Å². The zero-order chi connectivity index (χ0) is 13.1. The zero-order valence-corrected chi connectivity index (χ0v) is 11.9. The van der Waals surface area contributed by atoms with Crippen molar-refractivity contribution in [3.05, 3.63) is 0 Å². The van der Waals surface area contributed by atoms with Crippen molar-refractivity contribution < 1.29 is 9.90 Å². The summed E-state index contributed by atoms with van der Waals surface area (Å²) >= 11 is 0. The smallest absolute Gasteiger partial charge is 0.306 e. The Hall–Kier alpha value is -0.530. The molecule has 2 aliphatic rings. The Kier molecular flexibility index (Phi) is 4.69. The third-order valence-corrected chi connectivity index (χ3v) is 5.21. The van der Waals surface area contributed by atoms with Crippen LogP contribution in [0.25, 0.3) is 0 Å². The predicted octanol–water partition coefficient (Wildman–Crippen LogP) is 4.34. The van der Waals surface area contributed by atoms with E-state index in [0.29, 0.717) is 11.8 Å². The van der Waals surface area contributed by atoms with Gasteiger partial charge in [-0.15, -0.1) is 0 Å². The standard InChI is InChI=1S/C16H28O2/c1-11-8-12(2)10-13(9-11)14-6-4-3-5-7-15(14)16(17)18/h11-15H,3-10H2,1-2H3,(H,17,18). The van der Waals surface area contributed by atoms with E-state index in [4.69, 9.17) is 0 Å². The van der Waals surface area contributed by atoms with Crippen LogP contribution in [0.15, 0.2) is 0 Å². The third-order valence-electron chi connectivity index (χ3n) is 5.21. The molecule has 0 aromatic heterocycles. The minimum Gasteiger partial charge on any atom is -0.481 e. The number of aliphatic carboxylic acids is 1. The Morgan fingerprint density at radius 3 is 2.17 bits per heavy atom. The summed E-state index contributed by atoms with van der Waals surface area (Å²) in [6.07, 6.45) is 9.52. The van der Waals surface area contributed by atoms with Gasteiger partial charge in [0.1, 0.15) is 0 Å². The maximum absolute atomic E-state index is 11.5. The van der Waals surface area contributed by atoms with Gasteiger partial charge in [0.15, 0.2) is 0 Å². The number of rotatable bonds is 2. The van der Waals surface area contributed by atoms with Crippen LogP contribution < -0.4 is 0 Å². The van der Waals surface area contributed by atoms with Crippen LogP contribution in [-0.2, 0) is 4.79 Å². The van der Waals surface area contributed by atoms with E-state index in [1.54, 1.807) is 0 Å². The first-order valence-corrected chi connectivity index (χ1v) is 7.80. The van der Waals surface area contributed by atoms with Crippen molar-refractivity contribution in [1.82, 2.24) is 0 Å². The van der Waals surface area contributed by atoms with Crippen LogP contribution >= 0.6 is 0 Å². The molecule has 0 aromatic carbocycles. The predicted molar refractivity (Wildman–Crippen MR) is 73.4 cm³/mol. The highest BCUT2D eigenvalue weighted by Gasteiger charge is 2.37. The van der Waals surface area contributed by atoms with Crippen molar-refractivity contribution >= 4 is 5.97 Å². The van der Waals surface area contributed by atoms with Crippen LogP contribution in [0, 0.1) is 29.6 Å². The molecule has 0 heterocycles. The number of hydrogen-bond acceptors (Lipinski definition) is 1. The van der Waals surface area contributed by atoms with Gasteiger partial charge in [0.05, 0.1) is 5.92 Å². The Balaban J connectivity index is 2.09. The second-order valence-corrected chi connectivity index (χ2v) is 6.92. The largest absolute Gasteiger partial charge is 0.481 e. The summed E-state index contributed by atoms with van der Waals surface area (Å²) in [7, 11) is 0. The van der Waals surface area contributed by atoms with Gasteiger partial charge >= 0.3 is 5.97 Å². The number of carboxylic acid groups (broad SMARTS) is 1. The Morgan fingerprint density at radius 2 is 1.56 bits per heavy atom. The van der Waals surface area contributed by atoms with Crippen molar-refractivity contribution in [3.8, 4) is 0 Å². The molecule has 2 aliphatic carbocycles. The molecule has 0 bridgehead atoms. The summed E-state index contributed by atoms with van der Waals surface area (Å²) in [6.45, 7) is 4.68. The molecule has 0 amide bonds. The van der Waals surface area contributed by atoms with E-state index in [9.17, 15) is 9.90 Å². The number of carboxylic acids is 1. The lowest BCUT2D eigenvalue weighted by Crippen LogP contribution is -2.33. The van der Waals surface area contributed by atoms with Crippen LogP contribution in [0.2, 0.25) is 0 Å². The highest BCUT2D eigenvalue weighted by molar-refractivity contribution is 5.70. The lowest BCUT2D eigenvalue weighted by Gasteiger charge is -2.38. The molecule has 0 radical (unpaired) electrons. The quantitative estimate of drug-likeness (QED) is 0.742. The van der Waals surface area contributed by atoms with E-state index in [0.717, 1.165) is 31.1 Å². The SMILES string of the molecule is CC1CC(C)CC(C2CCCCCC2C(=O)O)C1. The van der Waals surface area contributed by atoms with Crippen LogP contribution in [0.1, 0.15) is 65.2 Å². The maximum Gasteiger partial charge on any atom is 0.306 e. The molecule has 1 N–H and O–H groups in total.